The van der Waals surface area contributed by atoms with E-state index in [4.69, 9.17) is 6.42 Å². The summed E-state index contributed by atoms with van der Waals surface area (Å²) >= 11 is 0. The number of rotatable bonds is 5. The molecule has 2 nitrogen and oxygen atoms in total. The van der Waals surface area contributed by atoms with Gasteiger partial charge in [-0.1, -0.05) is 18.2 Å². The van der Waals surface area contributed by atoms with Gasteiger partial charge < -0.3 is 10.3 Å². The zero-order valence-corrected chi connectivity index (χ0v) is 9.29. The lowest BCUT2D eigenvalue weighted by Crippen LogP contribution is -2.14. The molecule has 82 valence electrons. The Balaban J connectivity index is 1.94. The summed E-state index contributed by atoms with van der Waals surface area (Å²) in [4.78, 5) is 3.27. The van der Waals surface area contributed by atoms with Crippen molar-refractivity contribution >= 4 is 10.9 Å². The Labute approximate surface area is 96.1 Å². The predicted octanol–water partition coefficient (Wildman–Crippen LogP) is 2.67. The summed E-state index contributed by atoms with van der Waals surface area (Å²) in [6.45, 7) is 1.86. The molecule has 2 aromatic rings. The first-order chi connectivity index (χ1) is 7.92. The van der Waals surface area contributed by atoms with Gasteiger partial charge in [-0.05, 0) is 30.0 Å². The van der Waals surface area contributed by atoms with E-state index in [1.807, 2.05) is 6.20 Å². The minimum absolute atomic E-state index is 0.847. The van der Waals surface area contributed by atoms with Crippen LogP contribution in [0.4, 0.5) is 0 Å². The number of fused-ring (bicyclic) bond motifs is 1. The number of nitrogens with one attached hydrogen (secondary N) is 2. The van der Waals surface area contributed by atoms with Gasteiger partial charge in [0.15, 0.2) is 0 Å². The zero-order chi connectivity index (χ0) is 11.2. The molecule has 1 aromatic heterocycles. The van der Waals surface area contributed by atoms with Gasteiger partial charge in [0.1, 0.15) is 0 Å². The number of unbranched alkanes of at least 4 members (excludes halogenated alkanes) is 1. The number of benzene rings is 1. The molecule has 0 aliphatic carbocycles. The lowest BCUT2D eigenvalue weighted by Gasteiger charge is -2.05. The van der Waals surface area contributed by atoms with Crippen molar-refractivity contribution in [2.24, 2.45) is 0 Å². The Morgan fingerprint density at radius 3 is 3.12 bits per heavy atom. The zero-order valence-electron chi connectivity index (χ0n) is 9.29. The van der Waals surface area contributed by atoms with Gasteiger partial charge in [0.2, 0.25) is 0 Å². The summed E-state index contributed by atoms with van der Waals surface area (Å²) in [5.74, 6) is 2.65. The van der Waals surface area contributed by atoms with E-state index in [1.54, 1.807) is 0 Å². The van der Waals surface area contributed by atoms with Crippen LogP contribution in [0, 0.1) is 12.3 Å². The molecule has 16 heavy (non-hydrogen) atoms. The molecule has 0 saturated heterocycles. The molecule has 2 rings (SSSR count). The summed E-state index contributed by atoms with van der Waals surface area (Å²) in [5, 5.41) is 4.67. The molecule has 0 unspecified atom stereocenters. The molecule has 1 aromatic carbocycles. The second-order valence-electron chi connectivity index (χ2n) is 3.84. The normalized spacial score (nSPS) is 10.4. The van der Waals surface area contributed by atoms with Gasteiger partial charge in [-0.25, -0.2) is 0 Å². The van der Waals surface area contributed by atoms with Crippen LogP contribution in [-0.2, 0) is 6.54 Å². The van der Waals surface area contributed by atoms with Crippen molar-refractivity contribution in [3.63, 3.8) is 0 Å². The number of H-pyrrole nitrogens is 1. The molecule has 0 bridgehead atoms. The maximum Gasteiger partial charge on any atom is 0.0499 e. The highest BCUT2D eigenvalue weighted by Crippen LogP contribution is 2.16. The summed E-state index contributed by atoms with van der Waals surface area (Å²) < 4.78 is 0. The van der Waals surface area contributed by atoms with Gasteiger partial charge >= 0.3 is 0 Å². The van der Waals surface area contributed by atoms with Crippen LogP contribution in [0.15, 0.2) is 30.5 Å². The van der Waals surface area contributed by atoms with Gasteiger partial charge in [0, 0.05) is 24.7 Å². The van der Waals surface area contributed by atoms with Crippen molar-refractivity contribution in [1.82, 2.24) is 10.3 Å². The van der Waals surface area contributed by atoms with E-state index in [1.165, 1.54) is 16.5 Å². The van der Waals surface area contributed by atoms with Gasteiger partial charge in [-0.2, -0.15) is 0 Å². The molecule has 0 fully saturated rings. The molecule has 1 heterocycles. The highest BCUT2D eigenvalue weighted by molar-refractivity contribution is 5.82. The Kier molecular flexibility index (Phi) is 3.63. The van der Waals surface area contributed by atoms with Gasteiger partial charge in [0.05, 0.1) is 0 Å². The third kappa shape index (κ3) is 2.44. The van der Waals surface area contributed by atoms with Gasteiger partial charge in [-0.15, -0.1) is 12.3 Å². The number of hydrogen-bond donors (Lipinski definition) is 2. The number of para-hydroxylation sites is 1. The average Bonchev–Trinajstić information content (AvgIpc) is 2.77. The quantitative estimate of drug-likeness (QED) is 0.579. The molecule has 0 aliphatic heterocycles. The molecular formula is C14H16N2. The Morgan fingerprint density at radius 1 is 1.31 bits per heavy atom. The summed E-state index contributed by atoms with van der Waals surface area (Å²) in [7, 11) is 0. The first-order valence-electron chi connectivity index (χ1n) is 5.61. The highest BCUT2D eigenvalue weighted by atomic mass is 14.8. The van der Waals surface area contributed by atoms with Crippen LogP contribution >= 0.6 is 0 Å². The lowest BCUT2D eigenvalue weighted by atomic mass is 10.1. The second-order valence-corrected chi connectivity index (χ2v) is 3.84. The number of hydrogen-bond acceptors (Lipinski definition) is 1. The molecule has 2 heteroatoms. The third-order valence-electron chi connectivity index (χ3n) is 2.66. The molecule has 0 saturated carbocycles. The van der Waals surface area contributed by atoms with Crippen LogP contribution in [0.5, 0.6) is 0 Å². The standard InChI is InChI=1S/C14H16N2/c1-2-3-4-9-15-11-13-7-5-6-12-8-10-16-14(12)13/h1,5-8,10,15-16H,3-4,9,11H2. The van der Waals surface area contributed by atoms with E-state index in [9.17, 15) is 0 Å². The molecule has 0 radical (unpaired) electrons. The molecule has 0 atom stereocenters. The van der Waals surface area contributed by atoms with E-state index in [2.05, 4.69) is 40.5 Å². The van der Waals surface area contributed by atoms with Crippen LogP contribution in [0.3, 0.4) is 0 Å². The van der Waals surface area contributed by atoms with E-state index in [0.29, 0.717) is 0 Å². The summed E-state index contributed by atoms with van der Waals surface area (Å²) in [5.41, 5.74) is 2.54. The van der Waals surface area contributed by atoms with Crippen molar-refractivity contribution in [3.8, 4) is 12.3 Å². The molecular weight excluding hydrogens is 196 g/mol. The Bertz CT molecular complexity index is 491. The first kappa shape index (κ1) is 10.8. The van der Waals surface area contributed by atoms with Crippen LogP contribution in [-0.4, -0.2) is 11.5 Å². The van der Waals surface area contributed by atoms with Crippen molar-refractivity contribution in [3.05, 3.63) is 36.0 Å². The number of aromatic nitrogens is 1. The van der Waals surface area contributed by atoms with E-state index >= 15 is 0 Å². The molecule has 0 amide bonds. The largest absolute Gasteiger partial charge is 0.361 e. The van der Waals surface area contributed by atoms with Crippen molar-refractivity contribution in [2.75, 3.05) is 6.54 Å². The molecule has 0 aliphatic rings. The van der Waals surface area contributed by atoms with E-state index in [0.717, 1.165) is 25.9 Å². The van der Waals surface area contributed by atoms with E-state index < -0.39 is 0 Å². The maximum atomic E-state index is 5.20. The first-order valence-corrected chi connectivity index (χ1v) is 5.61. The van der Waals surface area contributed by atoms with Crippen LogP contribution < -0.4 is 5.32 Å². The fraction of sp³-hybridized carbons (Fsp3) is 0.286. The summed E-state index contributed by atoms with van der Waals surface area (Å²) in [6, 6.07) is 8.45. The number of terminal acetylenes is 1. The van der Waals surface area contributed by atoms with E-state index in [-0.39, 0.29) is 0 Å². The minimum atomic E-state index is 0.847. The van der Waals surface area contributed by atoms with Crippen LogP contribution in [0.1, 0.15) is 18.4 Å². The minimum Gasteiger partial charge on any atom is -0.361 e. The smallest absolute Gasteiger partial charge is 0.0499 e. The lowest BCUT2D eigenvalue weighted by molar-refractivity contribution is 0.661. The fourth-order valence-electron chi connectivity index (χ4n) is 1.84. The monoisotopic (exact) mass is 212 g/mol. The Hall–Kier alpha value is -1.72. The highest BCUT2D eigenvalue weighted by Gasteiger charge is 2.00. The van der Waals surface area contributed by atoms with Crippen molar-refractivity contribution < 1.29 is 0 Å². The van der Waals surface area contributed by atoms with Crippen LogP contribution in [0.2, 0.25) is 0 Å². The molecule has 0 spiro atoms. The topological polar surface area (TPSA) is 27.8 Å². The fourth-order valence-corrected chi connectivity index (χ4v) is 1.84. The molecule has 2 N–H and O–H groups in total. The predicted molar refractivity (Wildman–Crippen MR) is 68.1 cm³/mol. The van der Waals surface area contributed by atoms with Crippen molar-refractivity contribution in [1.29, 1.82) is 0 Å². The van der Waals surface area contributed by atoms with Gasteiger partial charge in [0.25, 0.3) is 0 Å². The maximum absolute atomic E-state index is 5.20. The van der Waals surface area contributed by atoms with Crippen molar-refractivity contribution in [2.45, 2.75) is 19.4 Å². The average molecular weight is 212 g/mol. The number of aromatic amines is 1. The van der Waals surface area contributed by atoms with Crippen LogP contribution in [0.25, 0.3) is 10.9 Å². The SMILES string of the molecule is C#CCCCNCc1cccc2cc[nH]c12. The third-order valence-corrected chi connectivity index (χ3v) is 2.66. The summed E-state index contributed by atoms with van der Waals surface area (Å²) in [6.07, 6.45) is 9.06. The second kappa shape index (κ2) is 5.39. The Morgan fingerprint density at radius 2 is 2.25 bits per heavy atom. The van der Waals surface area contributed by atoms with Gasteiger partial charge in [-0.3, -0.25) is 0 Å².